The molecule has 2 aromatic carbocycles. The SMILES string of the molecule is Cc1ccc([C@H]2C[C@@H](c3ccc(F)cc3)n3nc(N4C(=O)[C@H]5CC=CC[C@@H]5C4=O)nc3N2)cc1. The number of amides is 2. The van der Waals surface area contributed by atoms with Crippen LogP contribution in [0.4, 0.5) is 16.3 Å². The largest absolute Gasteiger partial charge is 0.347 e. The van der Waals surface area contributed by atoms with E-state index >= 15 is 0 Å². The van der Waals surface area contributed by atoms with Gasteiger partial charge < -0.3 is 5.32 Å². The third-order valence-corrected chi connectivity index (χ3v) is 7.12. The lowest BCUT2D eigenvalue weighted by Gasteiger charge is -2.31. The molecular weight excluding hydrogens is 433 g/mol. The molecule has 1 aliphatic carbocycles. The number of aryl methyl sites for hydroxylation is 1. The quantitative estimate of drug-likeness (QED) is 0.468. The molecule has 172 valence electrons. The fourth-order valence-electron chi connectivity index (χ4n) is 5.24. The van der Waals surface area contributed by atoms with Gasteiger partial charge in [-0.3, -0.25) is 9.59 Å². The van der Waals surface area contributed by atoms with E-state index in [-0.39, 0.29) is 47.5 Å². The van der Waals surface area contributed by atoms with Crippen molar-refractivity contribution in [2.24, 2.45) is 11.8 Å². The highest BCUT2D eigenvalue weighted by molar-refractivity contribution is 6.21. The Hall–Kier alpha value is -3.81. The molecule has 3 heterocycles. The van der Waals surface area contributed by atoms with Crippen LogP contribution in [0, 0.1) is 24.6 Å². The molecule has 34 heavy (non-hydrogen) atoms. The zero-order chi connectivity index (χ0) is 23.4. The number of nitrogens with zero attached hydrogens (tertiary/aromatic N) is 4. The van der Waals surface area contributed by atoms with Crippen LogP contribution in [-0.4, -0.2) is 26.6 Å². The molecular formula is C26H24FN5O2. The first-order valence-electron chi connectivity index (χ1n) is 11.6. The van der Waals surface area contributed by atoms with E-state index in [4.69, 9.17) is 0 Å². The van der Waals surface area contributed by atoms with Gasteiger partial charge in [0.15, 0.2) is 0 Å². The smallest absolute Gasteiger partial charge is 0.260 e. The molecule has 3 aliphatic rings. The second kappa shape index (κ2) is 7.90. The van der Waals surface area contributed by atoms with E-state index < -0.39 is 0 Å². The number of anilines is 2. The summed E-state index contributed by atoms with van der Waals surface area (Å²) in [5, 5.41) is 8.06. The molecule has 0 unspecified atom stereocenters. The van der Waals surface area contributed by atoms with Crippen molar-refractivity contribution in [3.63, 3.8) is 0 Å². The summed E-state index contributed by atoms with van der Waals surface area (Å²) >= 11 is 0. The molecule has 4 atom stereocenters. The highest BCUT2D eigenvalue weighted by Crippen LogP contribution is 2.41. The molecule has 1 aromatic heterocycles. The average molecular weight is 458 g/mol. The predicted molar refractivity (Wildman–Crippen MR) is 125 cm³/mol. The van der Waals surface area contributed by atoms with Gasteiger partial charge >= 0.3 is 0 Å². The van der Waals surface area contributed by atoms with Crippen LogP contribution in [0.5, 0.6) is 0 Å². The predicted octanol–water partition coefficient (Wildman–Crippen LogP) is 4.33. The van der Waals surface area contributed by atoms with Crippen molar-refractivity contribution in [2.75, 3.05) is 10.2 Å². The molecule has 0 radical (unpaired) electrons. The Morgan fingerprint density at radius 1 is 0.912 bits per heavy atom. The van der Waals surface area contributed by atoms with Crippen LogP contribution in [0.2, 0.25) is 0 Å². The van der Waals surface area contributed by atoms with E-state index in [0.29, 0.717) is 25.2 Å². The van der Waals surface area contributed by atoms with Gasteiger partial charge in [-0.05, 0) is 49.4 Å². The number of hydrogen-bond acceptors (Lipinski definition) is 5. The van der Waals surface area contributed by atoms with Crippen molar-refractivity contribution in [3.05, 3.63) is 83.2 Å². The molecule has 7 nitrogen and oxygen atoms in total. The Balaban J connectivity index is 1.40. The molecule has 0 bridgehead atoms. The minimum absolute atomic E-state index is 0.0584. The number of rotatable bonds is 3. The van der Waals surface area contributed by atoms with Crippen molar-refractivity contribution < 1.29 is 14.0 Å². The molecule has 8 heteroatoms. The molecule has 1 saturated heterocycles. The minimum atomic E-state index is -0.348. The number of hydrogen-bond donors (Lipinski definition) is 1. The third kappa shape index (κ3) is 3.32. The molecule has 0 spiro atoms. The molecule has 1 fully saturated rings. The molecule has 3 aromatic rings. The number of carbonyl (C=O) groups excluding carboxylic acids is 2. The fourth-order valence-corrected chi connectivity index (χ4v) is 5.24. The number of allylic oxidation sites excluding steroid dienone is 2. The summed E-state index contributed by atoms with van der Waals surface area (Å²) in [7, 11) is 0. The maximum Gasteiger partial charge on any atom is 0.260 e. The lowest BCUT2D eigenvalue weighted by Crippen LogP contribution is -2.32. The Morgan fingerprint density at radius 3 is 2.18 bits per heavy atom. The Kier molecular flexibility index (Phi) is 4.83. The fraction of sp³-hybridized carbons (Fsp3) is 0.308. The first-order chi connectivity index (χ1) is 16.5. The number of carbonyl (C=O) groups is 2. The lowest BCUT2D eigenvalue weighted by molar-refractivity contribution is -0.122. The second-order valence-electron chi connectivity index (χ2n) is 9.26. The summed E-state index contributed by atoms with van der Waals surface area (Å²) in [5.41, 5.74) is 3.15. The minimum Gasteiger partial charge on any atom is -0.347 e. The van der Waals surface area contributed by atoms with Gasteiger partial charge in [-0.15, -0.1) is 5.10 Å². The number of nitrogens with one attached hydrogen (secondary N) is 1. The summed E-state index contributed by atoms with van der Waals surface area (Å²) in [6.45, 7) is 2.04. The van der Waals surface area contributed by atoms with Gasteiger partial charge in [0, 0.05) is 0 Å². The van der Waals surface area contributed by atoms with Gasteiger partial charge in [0.05, 0.1) is 23.9 Å². The zero-order valence-electron chi connectivity index (χ0n) is 18.7. The number of imide groups is 1. The van der Waals surface area contributed by atoms with E-state index in [1.54, 1.807) is 16.8 Å². The van der Waals surface area contributed by atoms with Gasteiger partial charge in [-0.1, -0.05) is 54.1 Å². The van der Waals surface area contributed by atoms with Gasteiger partial charge in [-0.2, -0.15) is 4.98 Å². The number of fused-ring (bicyclic) bond motifs is 2. The summed E-state index contributed by atoms with van der Waals surface area (Å²) in [6.07, 6.45) is 5.69. The van der Waals surface area contributed by atoms with Crippen LogP contribution in [0.3, 0.4) is 0 Å². The summed E-state index contributed by atoms with van der Waals surface area (Å²) < 4.78 is 15.4. The average Bonchev–Trinajstić information content (AvgIpc) is 3.38. The second-order valence-corrected chi connectivity index (χ2v) is 9.26. The maximum atomic E-state index is 13.6. The van der Waals surface area contributed by atoms with Crippen molar-refractivity contribution in [1.82, 2.24) is 14.8 Å². The summed E-state index contributed by atoms with van der Waals surface area (Å²) in [6, 6.07) is 14.3. The number of aromatic nitrogens is 3. The van der Waals surface area contributed by atoms with E-state index in [9.17, 15) is 14.0 Å². The van der Waals surface area contributed by atoms with Gasteiger partial charge in [0.1, 0.15) is 5.82 Å². The summed E-state index contributed by atoms with van der Waals surface area (Å²) in [4.78, 5) is 31.9. The lowest BCUT2D eigenvalue weighted by atomic mass is 9.85. The van der Waals surface area contributed by atoms with Crippen molar-refractivity contribution in [2.45, 2.75) is 38.3 Å². The molecule has 2 amide bonds. The zero-order valence-corrected chi connectivity index (χ0v) is 18.7. The number of benzene rings is 2. The van der Waals surface area contributed by atoms with Crippen LogP contribution in [0.15, 0.2) is 60.7 Å². The Morgan fingerprint density at radius 2 is 1.53 bits per heavy atom. The van der Waals surface area contributed by atoms with Crippen LogP contribution in [0.25, 0.3) is 0 Å². The maximum absolute atomic E-state index is 13.6. The Labute approximate surface area is 196 Å². The van der Waals surface area contributed by atoms with Crippen molar-refractivity contribution in [1.29, 1.82) is 0 Å². The van der Waals surface area contributed by atoms with E-state index in [1.165, 1.54) is 17.7 Å². The standard InChI is InChI=1S/C26H24FN5O2/c1-15-6-8-16(9-7-15)21-14-22(17-10-12-18(27)13-11-17)32-25(28-21)29-26(30-32)31-23(33)19-4-2-3-5-20(19)24(31)34/h2-3,6-13,19-22H,4-5,14H2,1H3,(H,28,29,30)/t19-,20-,21+,22-/m0/s1. The normalized spacial score (nSPS) is 25.8. The van der Waals surface area contributed by atoms with E-state index in [2.05, 4.69) is 39.7 Å². The van der Waals surface area contributed by atoms with E-state index in [0.717, 1.165) is 16.0 Å². The van der Waals surface area contributed by atoms with Gasteiger partial charge in [-0.25, -0.2) is 14.0 Å². The highest BCUT2D eigenvalue weighted by Gasteiger charge is 2.49. The van der Waals surface area contributed by atoms with Gasteiger partial charge in [0.2, 0.25) is 17.8 Å². The third-order valence-electron chi connectivity index (χ3n) is 7.12. The molecule has 0 saturated carbocycles. The molecule has 6 rings (SSSR count). The van der Waals surface area contributed by atoms with Gasteiger partial charge in [0.25, 0.3) is 5.95 Å². The van der Waals surface area contributed by atoms with Crippen LogP contribution in [0.1, 0.15) is 48.0 Å². The van der Waals surface area contributed by atoms with Crippen LogP contribution >= 0.6 is 0 Å². The van der Waals surface area contributed by atoms with Crippen molar-refractivity contribution in [3.8, 4) is 0 Å². The highest BCUT2D eigenvalue weighted by atomic mass is 19.1. The van der Waals surface area contributed by atoms with Crippen LogP contribution in [-0.2, 0) is 9.59 Å². The first-order valence-corrected chi connectivity index (χ1v) is 11.6. The molecule has 1 N–H and O–H groups in total. The van der Waals surface area contributed by atoms with Crippen LogP contribution < -0.4 is 10.2 Å². The topological polar surface area (TPSA) is 80.1 Å². The first kappa shape index (κ1) is 20.8. The molecule has 2 aliphatic heterocycles. The van der Waals surface area contributed by atoms with E-state index in [1.807, 2.05) is 19.1 Å². The number of halogens is 1. The van der Waals surface area contributed by atoms with Crippen molar-refractivity contribution >= 4 is 23.7 Å². The monoisotopic (exact) mass is 457 g/mol. The Bertz CT molecular complexity index is 1270. The summed E-state index contributed by atoms with van der Waals surface area (Å²) in [5.74, 6) is -0.903.